The van der Waals surface area contributed by atoms with E-state index in [0.717, 1.165) is 18.6 Å². The molecular weight excluding hydrogens is 253 g/mol. The predicted octanol–water partition coefficient (Wildman–Crippen LogP) is 3.61. The standard InChI is InChI=1S/C17H18FNO/c1-20-14-8-6-12-7-9-17(15(12)10-14)19-11-13-4-2-3-5-16(13)18/h2-6,8,10,17,19H,7,9,11H2,1H3. The number of nitrogens with one attached hydrogen (secondary N) is 1. The summed E-state index contributed by atoms with van der Waals surface area (Å²) < 4.78 is 18.9. The van der Waals surface area contributed by atoms with Crippen molar-refractivity contribution in [3.05, 3.63) is 65.0 Å². The number of hydrogen-bond donors (Lipinski definition) is 1. The van der Waals surface area contributed by atoms with Gasteiger partial charge in [-0.25, -0.2) is 4.39 Å². The van der Waals surface area contributed by atoms with Crippen LogP contribution in [0, 0.1) is 5.82 Å². The molecule has 0 aliphatic heterocycles. The molecule has 2 nitrogen and oxygen atoms in total. The molecule has 0 fully saturated rings. The van der Waals surface area contributed by atoms with Crippen LogP contribution in [0.1, 0.15) is 29.2 Å². The van der Waals surface area contributed by atoms with E-state index in [-0.39, 0.29) is 11.9 Å². The van der Waals surface area contributed by atoms with Crippen LogP contribution in [-0.4, -0.2) is 7.11 Å². The second kappa shape index (κ2) is 5.63. The second-order valence-electron chi connectivity index (χ2n) is 5.13. The summed E-state index contributed by atoms with van der Waals surface area (Å²) in [5.74, 6) is 0.729. The molecule has 0 aromatic heterocycles. The van der Waals surface area contributed by atoms with E-state index in [1.165, 1.54) is 17.2 Å². The molecule has 0 saturated heterocycles. The third-order valence-electron chi connectivity index (χ3n) is 3.93. The molecule has 20 heavy (non-hydrogen) atoms. The van der Waals surface area contributed by atoms with Gasteiger partial charge in [0.05, 0.1) is 7.11 Å². The zero-order chi connectivity index (χ0) is 13.9. The summed E-state index contributed by atoms with van der Waals surface area (Å²) in [6, 6.07) is 13.4. The topological polar surface area (TPSA) is 21.3 Å². The lowest BCUT2D eigenvalue weighted by Gasteiger charge is -2.15. The fourth-order valence-electron chi connectivity index (χ4n) is 2.79. The third-order valence-corrected chi connectivity index (χ3v) is 3.93. The molecular formula is C17H18FNO. The molecule has 0 saturated carbocycles. The summed E-state index contributed by atoms with van der Waals surface area (Å²) >= 11 is 0. The summed E-state index contributed by atoms with van der Waals surface area (Å²) in [7, 11) is 1.68. The van der Waals surface area contributed by atoms with Gasteiger partial charge in [-0.1, -0.05) is 24.3 Å². The van der Waals surface area contributed by atoms with Gasteiger partial charge in [-0.05, 0) is 42.2 Å². The first-order valence-electron chi connectivity index (χ1n) is 6.91. The van der Waals surface area contributed by atoms with Crippen molar-refractivity contribution in [1.29, 1.82) is 0 Å². The lowest BCUT2D eigenvalue weighted by Crippen LogP contribution is -2.19. The lowest BCUT2D eigenvalue weighted by molar-refractivity contribution is 0.413. The minimum atomic E-state index is -0.149. The summed E-state index contributed by atoms with van der Waals surface area (Å²) in [4.78, 5) is 0. The zero-order valence-electron chi connectivity index (χ0n) is 11.5. The molecule has 1 aliphatic rings. The fourth-order valence-corrected chi connectivity index (χ4v) is 2.79. The number of methoxy groups -OCH3 is 1. The Hall–Kier alpha value is -1.87. The molecule has 3 rings (SSSR count). The van der Waals surface area contributed by atoms with Gasteiger partial charge in [0.25, 0.3) is 0 Å². The van der Waals surface area contributed by atoms with Crippen LogP contribution in [-0.2, 0) is 13.0 Å². The Bertz CT molecular complexity index is 612. The summed E-state index contributed by atoms with van der Waals surface area (Å²) in [6.07, 6.45) is 2.12. The SMILES string of the molecule is COc1ccc2c(c1)C(NCc1ccccc1F)CC2. The number of benzene rings is 2. The number of hydrogen-bond acceptors (Lipinski definition) is 2. The molecule has 0 bridgehead atoms. The van der Waals surface area contributed by atoms with Crippen LogP contribution >= 0.6 is 0 Å². The molecule has 0 heterocycles. The number of fused-ring (bicyclic) bond motifs is 1. The van der Waals surface area contributed by atoms with Gasteiger partial charge in [0.2, 0.25) is 0 Å². The molecule has 1 N–H and O–H groups in total. The van der Waals surface area contributed by atoms with E-state index in [0.29, 0.717) is 12.1 Å². The van der Waals surface area contributed by atoms with Crippen molar-refractivity contribution in [2.24, 2.45) is 0 Å². The Labute approximate surface area is 118 Å². The van der Waals surface area contributed by atoms with Gasteiger partial charge < -0.3 is 10.1 Å². The van der Waals surface area contributed by atoms with Crippen LogP contribution in [0.25, 0.3) is 0 Å². The van der Waals surface area contributed by atoms with Crippen molar-refractivity contribution in [3.63, 3.8) is 0 Å². The van der Waals surface area contributed by atoms with Crippen LogP contribution in [0.3, 0.4) is 0 Å². The molecule has 3 heteroatoms. The molecule has 2 aromatic rings. The van der Waals surface area contributed by atoms with E-state index in [2.05, 4.69) is 17.4 Å². The maximum Gasteiger partial charge on any atom is 0.127 e. The first-order valence-corrected chi connectivity index (χ1v) is 6.91. The molecule has 2 aromatic carbocycles. The molecule has 1 atom stereocenters. The van der Waals surface area contributed by atoms with E-state index >= 15 is 0 Å². The Balaban J connectivity index is 1.73. The summed E-state index contributed by atoms with van der Waals surface area (Å²) in [5.41, 5.74) is 3.35. The van der Waals surface area contributed by atoms with E-state index in [4.69, 9.17) is 4.74 Å². The van der Waals surface area contributed by atoms with E-state index in [9.17, 15) is 4.39 Å². The van der Waals surface area contributed by atoms with Crippen molar-refractivity contribution < 1.29 is 9.13 Å². The Morgan fingerprint density at radius 2 is 2.10 bits per heavy atom. The van der Waals surface area contributed by atoms with Gasteiger partial charge >= 0.3 is 0 Å². The van der Waals surface area contributed by atoms with Gasteiger partial charge in [-0.2, -0.15) is 0 Å². The van der Waals surface area contributed by atoms with Crippen LogP contribution < -0.4 is 10.1 Å². The van der Waals surface area contributed by atoms with Crippen molar-refractivity contribution in [1.82, 2.24) is 5.32 Å². The monoisotopic (exact) mass is 271 g/mol. The average Bonchev–Trinajstić information content (AvgIpc) is 2.88. The highest BCUT2D eigenvalue weighted by atomic mass is 19.1. The number of aryl methyl sites for hydroxylation is 1. The Morgan fingerprint density at radius 3 is 2.90 bits per heavy atom. The van der Waals surface area contributed by atoms with Gasteiger partial charge in [-0.15, -0.1) is 0 Å². The van der Waals surface area contributed by atoms with Gasteiger partial charge in [0.15, 0.2) is 0 Å². The quantitative estimate of drug-likeness (QED) is 0.917. The Morgan fingerprint density at radius 1 is 1.25 bits per heavy atom. The van der Waals surface area contributed by atoms with E-state index in [1.54, 1.807) is 13.2 Å². The molecule has 0 radical (unpaired) electrons. The number of rotatable bonds is 4. The summed E-state index contributed by atoms with van der Waals surface area (Å²) in [5, 5.41) is 3.45. The maximum atomic E-state index is 13.6. The predicted molar refractivity (Wildman–Crippen MR) is 77.3 cm³/mol. The smallest absolute Gasteiger partial charge is 0.127 e. The highest BCUT2D eigenvalue weighted by Crippen LogP contribution is 2.33. The van der Waals surface area contributed by atoms with Crippen LogP contribution in [0.4, 0.5) is 4.39 Å². The van der Waals surface area contributed by atoms with E-state index < -0.39 is 0 Å². The minimum Gasteiger partial charge on any atom is -0.497 e. The number of halogens is 1. The van der Waals surface area contributed by atoms with Crippen molar-refractivity contribution in [2.45, 2.75) is 25.4 Å². The van der Waals surface area contributed by atoms with Crippen LogP contribution in [0.15, 0.2) is 42.5 Å². The molecule has 0 spiro atoms. The normalized spacial score (nSPS) is 17.0. The summed E-state index contributed by atoms with van der Waals surface area (Å²) in [6.45, 7) is 0.550. The van der Waals surface area contributed by atoms with Crippen LogP contribution in [0.5, 0.6) is 5.75 Å². The van der Waals surface area contributed by atoms with Gasteiger partial charge in [-0.3, -0.25) is 0 Å². The second-order valence-corrected chi connectivity index (χ2v) is 5.13. The lowest BCUT2D eigenvalue weighted by atomic mass is 10.1. The fraction of sp³-hybridized carbons (Fsp3) is 0.294. The third kappa shape index (κ3) is 2.54. The van der Waals surface area contributed by atoms with E-state index in [1.807, 2.05) is 18.2 Å². The Kier molecular flexibility index (Phi) is 3.70. The molecule has 1 aliphatic carbocycles. The first-order chi connectivity index (χ1) is 9.78. The average molecular weight is 271 g/mol. The van der Waals surface area contributed by atoms with Crippen molar-refractivity contribution in [2.75, 3.05) is 7.11 Å². The maximum absolute atomic E-state index is 13.6. The highest BCUT2D eigenvalue weighted by Gasteiger charge is 2.22. The van der Waals surface area contributed by atoms with Crippen molar-refractivity contribution >= 4 is 0 Å². The van der Waals surface area contributed by atoms with Gasteiger partial charge in [0, 0.05) is 18.2 Å². The first kappa shape index (κ1) is 13.1. The zero-order valence-corrected chi connectivity index (χ0v) is 11.5. The van der Waals surface area contributed by atoms with Crippen LogP contribution in [0.2, 0.25) is 0 Å². The van der Waals surface area contributed by atoms with Crippen molar-refractivity contribution in [3.8, 4) is 5.75 Å². The molecule has 1 unspecified atom stereocenters. The highest BCUT2D eigenvalue weighted by molar-refractivity contribution is 5.40. The van der Waals surface area contributed by atoms with Gasteiger partial charge in [0.1, 0.15) is 11.6 Å². The number of ether oxygens (including phenoxy) is 1. The molecule has 0 amide bonds. The minimum absolute atomic E-state index is 0.149. The largest absolute Gasteiger partial charge is 0.497 e. The molecule has 104 valence electrons.